The van der Waals surface area contributed by atoms with Gasteiger partial charge >= 0.3 is 0 Å². The average molecular weight is 408 g/mol. The largest absolute Gasteiger partial charge is 0.506 e. The molecule has 0 aliphatic carbocycles. The van der Waals surface area contributed by atoms with Crippen LogP contribution in [0, 0.1) is 0 Å². The summed E-state index contributed by atoms with van der Waals surface area (Å²) >= 11 is 3.31. The van der Waals surface area contributed by atoms with Gasteiger partial charge in [-0.2, -0.15) is 0 Å². The third-order valence-corrected chi connectivity index (χ3v) is 3.53. The average Bonchev–Trinajstić information content (AvgIpc) is 2.49. The van der Waals surface area contributed by atoms with Crippen LogP contribution in [0.4, 0.5) is 17.2 Å². The summed E-state index contributed by atoms with van der Waals surface area (Å²) in [4.78, 5) is 6.25. The van der Waals surface area contributed by atoms with Crippen molar-refractivity contribution in [2.24, 2.45) is 10.2 Å². The van der Waals surface area contributed by atoms with Crippen LogP contribution in [0.5, 0.6) is 5.75 Å². The molecule has 0 aliphatic rings. The van der Waals surface area contributed by atoms with Gasteiger partial charge in [-0.15, -0.1) is 10.2 Å². The molecule has 7 heteroatoms. The monoisotopic (exact) mass is 406 g/mol. The minimum atomic E-state index is 0. The molecule has 2 aromatic rings. The van der Waals surface area contributed by atoms with Gasteiger partial charge < -0.3 is 10.0 Å². The molecule has 0 aliphatic heterocycles. The maximum atomic E-state index is 10.0. The van der Waals surface area contributed by atoms with Crippen LogP contribution < -0.4 is 4.90 Å². The zero-order valence-corrected chi connectivity index (χ0v) is 14.9. The number of hydrogen-bond donors (Lipinski definition) is 1. The summed E-state index contributed by atoms with van der Waals surface area (Å²) in [7, 11) is 0. The molecule has 1 aromatic carbocycles. The van der Waals surface area contributed by atoms with E-state index in [1.54, 1.807) is 24.4 Å². The number of rotatable bonds is 5. The number of benzene rings is 1. The third-order valence-electron chi connectivity index (χ3n) is 3.06. The third kappa shape index (κ3) is 4.78. The van der Waals surface area contributed by atoms with Crippen molar-refractivity contribution in [1.29, 1.82) is 0 Å². The number of anilines is 1. The number of phenols is 1. The van der Waals surface area contributed by atoms with E-state index in [1.165, 1.54) is 0 Å². The summed E-state index contributed by atoms with van der Waals surface area (Å²) in [6.07, 6.45) is 1.65. The summed E-state index contributed by atoms with van der Waals surface area (Å²) < 4.78 is 0.882. The van der Waals surface area contributed by atoms with Crippen LogP contribution in [0.2, 0.25) is 0 Å². The molecule has 0 unspecified atom stereocenters. The van der Waals surface area contributed by atoms with E-state index in [2.05, 4.69) is 49.9 Å². The van der Waals surface area contributed by atoms with Crippen molar-refractivity contribution >= 4 is 33.1 Å². The molecule has 0 fully saturated rings. The molecule has 0 spiro atoms. The first-order valence-corrected chi connectivity index (χ1v) is 7.54. The van der Waals surface area contributed by atoms with E-state index in [1.807, 2.05) is 12.1 Å². The van der Waals surface area contributed by atoms with E-state index >= 15 is 0 Å². The van der Waals surface area contributed by atoms with Gasteiger partial charge in [-0.25, -0.2) is 4.98 Å². The number of hydrogen-bond acceptors (Lipinski definition) is 5. The van der Waals surface area contributed by atoms with Crippen molar-refractivity contribution < 1.29 is 21.6 Å². The molecule has 0 atom stereocenters. The molecule has 1 N–H and O–H groups in total. The smallest absolute Gasteiger partial charge is 0.174 e. The summed E-state index contributed by atoms with van der Waals surface area (Å²) in [5, 5.41) is 18.1. The van der Waals surface area contributed by atoms with Crippen LogP contribution in [-0.4, -0.2) is 23.2 Å². The summed E-state index contributed by atoms with van der Waals surface area (Å²) in [5.74, 6) is 0.602. The van der Waals surface area contributed by atoms with Crippen LogP contribution in [-0.2, 0) is 16.5 Å². The van der Waals surface area contributed by atoms with Crippen LogP contribution in [0.1, 0.15) is 13.8 Å². The Hall–Kier alpha value is -1.46. The first-order chi connectivity index (χ1) is 10.1. The first kappa shape index (κ1) is 18.6. The van der Waals surface area contributed by atoms with Gasteiger partial charge in [0.2, 0.25) is 0 Å². The van der Waals surface area contributed by atoms with Crippen LogP contribution in [0.3, 0.4) is 0 Å². The Morgan fingerprint density at radius 2 is 1.86 bits per heavy atom. The van der Waals surface area contributed by atoms with Crippen LogP contribution in [0.15, 0.2) is 51.2 Å². The second-order valence-corrected chi connectivity index (χ2v) is 5.30. The van der Waals surface area contributed by atoms with Gasteiger partial charge in [0.1, 0.15) is 11.4 Å². The molecule has 5 nitrogen and oxygen atoms in total. The Morgan fingerprint density at radius 3 is 2.41 bits per heavy atom. The molecule has 2 rings (SSSR count). The predicted octanol–water partition coefficient (Wildman–Crippen LogP) is 4.81. The summed E-state index contributed by atoms with van der Waals surface area (Å²) in [6, 6.07) is 8.97. The molecular weight excluding hydrogens is 391 g/mol. The van der Waals surface area contributed by atoms with Crippen molar-refractivity contribution in [3.8, 4) is 5.75 Å². The maximum absolute atomic E-state index is 10.0. The molecule has 0 amide bonds. The van der Waals surface area contributed by atoms with Gasteiger partial charge in [0.05, 0.1) is 0 Å². The van der Waals surface area contributed by atoms with Gasteiger partial charge in [-0.1, -0.05) is 0 Å². The number of pyridine rings is 1. The minimum Gasteiger partial charge on any atom is -0.506 e. The number of halogens is 1. The maximum Gasteiger partial charge on any atom is 0.174 e. The SMILES string of the molecule is CCN(CC)c1ccc(N=Nc2ccc(Br)cn2)c(O)c1.[Ni]. The van der Waals surface area contributed by atoms with Gasteiger partial charge in [-0.05, 0) is 54.0 Å². The number of azo groups is 1. The van der Waals surface area contributed by atoms with E-state index in [9.17, 15) is 5.11 Å². The molecule has 0 bridgehead atoms. The Morgan fingerprint density at radius 1 is 1.14 bits per heavy atom. The Balaban J connectivity index is 0.00000242. The normalized spacial score (nSPS) is 10.5. The summed E-state index contributed by atoms with van der Waals surface area (Å²) in [6.45, 7) is 5.93. The molecule has 120 valence electrons. The molecular formula is C15H17BrN4NiO. The van der Waals surface area contributed by atoms with E-state index in [0.29, 0.717) is 11.5 Å². The van der Waals surface area contributed by atoms with Gasteiger partial charge in [0, 0.05) is 52.0 Å². The molecule has 1 aromatic heterocycles. The predicted molar refractivity (Wildman–Crippen MR) is 87.8 cm³/mol. The van der Waals surface area contributed by atoms with E-state index in [0.717, 1.165) is 23.2 Å². The zero-order valence-electron chi connectivity index (χ0n) is 12.3. The quantitative estimate of drug-likeness (QED) is 0.571. The Kier molecular flexibility index (Phi) is 7.49. The van der Waals surface area contributed by atoms with E-state index in [-0.39, 0.29) is 22.2 Å². The fraction of sp³-hybridized carbons (Fsp3) is 0.267. The van der Waals surface area contributed by atoms with Gasteiger partial charge in [0.15, 0.2) is 5.82 Å². The number of aromatic hydroxyl groups is 1. The van der Waals surface area contributed by atoms with Gasteiger partial charge in [0.25, 0.3) is 0 Å². The fourth-order valence-corrected chi connectivity index (χ4v) is 2.15. The number of nitrogens with zero attached hydrogens (tertiary/aromatic N) is 4. The molecule has 0 radical (unpaired) electrons. The first-order valence-electron chi connectivity index (χ1n) is 6.75. The van der Waals surface area contributed by atoms with Crippen molar-refractivity contribution in [3.63, 3.8) is 0 Å². The standard InChI is InChI=1S/C15H17BrN4O.Ni/c1-3-20(4-2)12-6-7-13(14(21)9-12)18-19-15-8-5-11(16)10-17-15;/h5-10,21H,3-4H2,1-2H3;. The summed E-state index contributed by atoms with van der Waals surface area (Å²) in [5.41, 5.74) is 1.40. The molecule has 22 heavy (non-hydrogen) atoms. The Labute approximate surface area is 148 Å². The second kappa shape index (κ2) is 8.86. The van der Waals surface area contributed by atoms with Gasteiger partial charge in [-0.3, -0.25) is 0 Å². The van der Waals surface area contributed by atoms with E-state index < -0.39 is 0 Å². The van der Waals surface area contributed by atoms with Crippen molar-refractivity contribution in [2.45, 2.75) is 13.8 Å². The number of aromatic nitrogens is 1. The Bertz CT molecular complexity index is 630. The minimum absolute atomic E-state index is 0. The zero-order chi connectivity index (χ0) is 15.2. The number of phenolic OH excluding ortho intramolecular Hbond substituents is 1. The van der Waals surface area contributed by atoms with Crippen molar-refractivity contribution in [3.05, 3.63) is 41.0 Å². The fourth-order valence-electron chi connectivity index (χ4n) is 1.91. The molecule has 1 heterocycles. The second-order valence-electron chi connectivity index (χ2n) is 4.38. The molecule has 0 saturated heterocycles. The van der Waals surface area contributed by atoms with Crippen molar-refractivity contribution in [2.75, 3.05) is 18.0 Å². The van der Waals surface area contributed by atoms with Crippen LogP contribution >= 0.6 is 15.9 Å². The van der Waals surface area contributed by atoms with Crippen molar-refractivity contribution in [1.82, 2.24) is 4.98 Å². The van der Waals surface area contributed by atoms with Crippen LogP contribution in [0.25, 0.3) is 0 Å². The molecule has 0 saturated carbocycles. The topological polar surface area (TPSA) is 61.1 Å². The van der Waals surface area contributed by atoms with E-state index in [4.69, 9.17) is 0 Å².